The van der Waals surface area contributed by atoms with Gasteiger partial charge in [-0.05, 0) is 31.5 Å². The number of hydrogen-bond donors (Lipinski definition) is 2. The predicted octanol–water partition coefficient (Wildman–Crippen LogP) is 1.33. The summed E-state index contributed by atoms with van der Waals surface area (Å²) in [6, 6.07) is 7.48. The van der Waals surface area contributed by atoms with Crippen LogP contribution < -0.4 is 10.1 Å². The molecule has 0 atom stereocenters. The van der Waals surface area contributed by atoms with Crippen LogP contribution in [-0.2, 0) is 11.3 Å². The number of ether oxygens (including phenoxy) is 1. The Morgan fingerprint density at radius 3 is 2.41 bits per heavy atom. The number of hydrogen-bond acceptors (Lipinski definition) is 3. The predicted molar refractivity (Wildman–Crippen MR) is 65.7 cm³/mol. The highest BCUT2D eigenvalue weighted by Gasteiger charge is 2.25. The lowest BCUT2D eigenvalue weighted by Crippen LogP contribution is -2.38. The first-order valence-electron chi connectivity index (χ1n) is 5.51. The molecule has 1 amide bonds. The molecule has 4 heteroatoms. The van der Waals surface area contributed by atoms with Gasteiger partial charge < -0.3 is 15.2 Å². The Kier molecular flexibility index (Phi) is 4.52. The minimum absolute atomic E-state index is 0.157. The van der Waals surface area contributed by atoms with Gasteiger partial charge in [-0.25, -0.2) is 0 Å². The average molecular weight is 237 g/mol. The molecule has 0 bridgehead atoms. The molecule has 0 aliphatic rings. The molecule has 2 N–H and O–H groups in total. The van der Waals surface area contributed by atoms with Crippen molar-refractivity contribution in [3.8, 4) is 5.75 Å². The SMILES string of the molecule is COc1ccc(CNC(=O)C(C)(C)CO)cc1. The Morgan fingerprint density at radius 1 is 1.35 bits per heavy atom. The smallest absolute Gasteiger partial charge is 0.228 e. The molecule has 1 aromatic rings. The van der Waals surface area contributed by atoms with Crippen LogP contribution in [0.15, 0.2) is 24.3 Å². The molecule has 0 radical (unpaired) electrons. The molecule has 94 valence electrons. The number of rotatable bonds is 5. The third kappa shape index (κ3) is 3.75. The normalized spacial score (nSPS) is 11.1. The van der Waals surface area contributed by atoms with Crippen molar-refractivity contribution >= 4 is 5.91 Å². The molecule has 0 heterocycles. The zero-order valence-corrected chi connectivity index (χ0v) is 10.5. The van der Waals surface area contributed by atoms with Gasteiger partial charge in [0.2, 0.25) is 5.91 Å². The molecule has 0 aliphatic heterocycles. The molecule has 17 heavy (non-hydrogen) atoms. The Morgan fingerprint density at radius 2 is 1.94 bits per heavy atom. The first kappa shape index (κ1) is 13.5. The van der Waals surface area contributed by atoms with Crippen LogP contribution in [0.5, 0.6) is 5.75 Å². The Balaban J connectivity index is 2.53. The summed E-state index contributed by atoms with van der Waals surface area (Å²) >= 11 is 0. The Hall–Kier alpha value is -1.55. The van der Waals surface area contributed by atoms with E-state index in [1.165, 1.54) is 0 Å². The summed E-state index contributed by atoms with van der Waals surface area (Å²) in [6.07, 6.45) is 0. The van der Waals surface area contributed by atoms with Crippen LogP contribution in [0.3, 0.4) is 0 Å². The maximum Gasteiger partial charge on any atom is 0.228 e. The number of aliphatic hydroxyl groups is 1. The highest BCUT2D eigenvalue weighted by atomic mass is 16.5. The van der Waals surface area contributed by atoms with Crippen LogP contribution in [0.2, 0.25) is 0 Å². The van der Waals surface area contributed by atoms with Gasteiger partial charge in [0.15, 0.2) is 0 Å². The van der Waals surface area contributed by atoms with Crippen LogP contribution in [0.4, 0.5) is 0 Å². The second kappa shape index (κ2) is 5.68. The quantitative estimate of drug-likeness (QED) is 0.812. The van der Waals surface area contributed by atoms with Gasteiger partial charge in [0, 0.05) is 6.54 Å². The second-order valence-electron chi connectivity index (χ2n) is 4.57. The van der Waals surface area contributed by atoms with E-state index in [2.05, 4.69) is 5.32 Å². The van der Waals surface area contributed by atoms with E-state index in [0.717, 1.165) is 11.3 Å². The fraction of sp³-hybridized carbons (Fsp3) is 0.462. The highest BCUT2D eigenvalue weighted by molar-refractivity contribution is 5.81. The van der Waals surface area contributed by atoms with Crippen molar-refractivity contribution in [2.45, 2.75) is 20.4 Å². The van der Waals surface area contributed by atoms with Gasteiger partial charge in [0.05, 0.1) is 19.1 Å². The van der Waals surface area contributed by atoms with Crippen molar-refractivity contribution in [1.82, 2.24) is 5.32 Å². The topological polar surface area (TPSA) is 58.6 Å². The van der Waals surface area contributed by atoms with Gasteiger partial charge in [0.1, 0.15) is 5.75 Å². The molecule has 0 spiro atoms. The van der Waals surface area contributed by atoms with Crippen LogP contribution >= 0.6 is 0 Å². The van der Waals surface area contributed by atoms with E-state index in [0.29, 0.717) is 6.54 Å². The van der Waals surface area contributed by atoms with Crippen molar-refractivity contribution < 1.29 is 14.6 Å². The highest BCUT2D eigenvalue weighted by Crippen LogP contribution is 2.14. The summed E-state index contributed by atoms with van der Waals surface area (Å²) in [4.78, 5) is 11.7. The van der Waals surface area contributed by atoms with Crippen LogP contribution in [0.25, 0.3) is 0 Å². The molecule has 0 saturated heterocycles. The van der Waals surface area contributed by atoms with Crippen LogP contribution in [0.1, 0.15) is 19.4 Å². The summed E-state index contributed by atoms with van der Waals surface area (Å²) in [5, 5.41) is 11.8. The van der Waals surface area contributed by atoms with E-state index in [9.17, 15) is 4.79 Å². The molecule has 0 saturated carbocycles. The zero-order valence-electron chi connectivity index (χ0n) is 10.5. The lowest BCUT2D eigenvalue weighted by Gasteiger charge is -2.20. The molecule has 4 nitrogen and oxygen atoms in total. The van der Waals surface area contributed by atoms with Crippen LogP contribution in [0, 0.1) is 5.41 Å². The molecule has 0 aromatic heterocycles. The van der Waals surface area contributed by atoms with Crippen LogP contribution in [-0.4, -0.2) is 24.7 Å². The van der Waals surface area contributed by atoms with Crippen molar-refractivity contribution in [2.24, 2.45) is 5.41 Å². The van der Waals surface area contributed by atoms with Crippen molar-refractivity contribution in [2.75, 3.05) is 13.7 Å². The number of nitrogens with one attached hydrogen (secondary N) is 1. The second-order valence-corrected chi connectivity index (χ2v) is 4.57. The average Bonchev–Trinajstić information content (AvgIpc) is 2.36. The van der Waals surface area contributed by atoms with Gasteiger partial charge in [-0.3, -0.25) is 4.79 Å². The minimum atomic E-state index is -0.744. The molecule has 1 aromatic carbocycles. The number of carbonyl (C=O) groups is 1. The Bertz CT molecular complexity index is 371. The summed E-state index contributed by atoms with van der Waals surface area (Å²) in [5.74, 6) is 0.631. The lowest BCUT2D eigenvalue weighted by molar-refractivity contribution is -0.131. The zero-order chi connectivity index (χ0) is 12.9. The Labute approximate surface area is 102 Å². The third-order valence-corrected chi connectivity index (χ3v) is 2.62. The maximum atomic E-state index is 11.7. The molecule has 0 aliphatic carbocycles. The number of carbonyl (C=O) groups excluding carboxylic acids is 1. The molecule has 0 fully saturated rings. The van der Waals surface area contributed by atoms with Gasteiger partial charge in [-0.2, -0.15) is 0 Å². The van der Waals surface area contributed by atoms with Gasteiger partial charge in [-0.1, -0.05) is 12.1 Å². The maximum absolute atomic E-state index is 11.7. The van der Waals surface area contributed by atoms with E-state index in [1.54, 1.807) is 21.0 Å². The fourth-order valence-electron chi connectivity index (χ4n) is 1.24. The number of benzene rings is 1. The molecular weight excluding hydrogens is 218 g/mol. The number of aliphatic hydroxyl groups excluding tert-OH is 1. The summed E-state index contributed by atoms with van der Waals surface area (Å²) in [7, 11) is 1.61. The summed E-state index contributed by atoms with van der Waals surface area (Å²) in [6.45, 7) is 3.69. The first-order chi connectivity index (χ1) is 7.99. The van der Waals surface area contributed by atoms with E-state index < -0.39 is 5.41 Å². The van der Waals surface area contributed by atoms with E-state index in [4.69, 9.17) is 9.84 Å². The minimum Gasteiger partial charge on any atom is -0.497 e. The largest absolute Gasteiger partial charge is 0.497 e. The van der Waals surface area contributed by atoms with E-state index in [1.807, 2.05) is 24.3 Å². The first-order valence-corrected chi connectivity index (χ1v) is 5.51. The summed E-state index contributed by atoms with van der Waals surface area (Å²) in [5.41, 5.74) is 0.250. The van der Waals surface area contributed by atoms with E-state index in [-0.39, 0.29) is 12.5 Å². The van der Waals surface area contributed by atoms with Gasteiger partial charge >= 0.3 is 0 Å². The molecule has 1 rings (SSSR count). The van der Waals surface area contributed by atoms with Crippen molar-refractivity contribution in [3.05, 3.63) is 29.8 Å². The lowest BCUT2D eigenvalue weighted by atomic mass is 9.94. The van der Waals surface area contributed by atoms with Gasteiger partial charge in [-0.15, -0.1) is 0 Å². The molecular formula is C13H19NO3. The standard InChI is InChI=1S/C13H19NO3/c1-13(2,9-15)12(16)14-8-10-4-6-11(17-3)7-5-10/h4-7,15H,8-9H2,1-3H3,(H,14,16). The third-order valence-electron chi connectivity index (χ3n) is 2.62. The number of amides is 1. The van der Waals surface area contributed by atoms with E-state index >= 15 is 0 Å². The van der Waals surface area contributed by atoms with Gasteiger partial charge in [0.25, 0.3) is 0 Å². The van der Waals surface area contributed by atoms with Crippen molar-refractivity contribution in [1.29, 1.82) is 0 Å². The number of methoxy groups -OCH3 is 1. The fourth-order valence-corrected chi connectivity index (χ4v) is 1.24. The van der Waals surface area contributed by atoms with Crippen molar-refractivity contribution in [3.63, 3.8) is 0 Å². The monoisotopic (exact) mass is 237 g/mol. The summed E-state index contributed by atoms with van der Waals surface area (Å²) < 4.78 is 5.05. The molecule has 0 unspecified atom stereocenters.